The van der Waals surface area contributed by atoms with E-state index in [9.17, 15) is 42.3 Å². The Bertz CT molecular complexity index is 1850. The molecular formula is C33H32N4O11S. The molecule has 4 atom stereocenters. The van der Waals surface area contributed by atoms with E-state index in [4.69, 9.17) is 9.47 Å². The third kappa shape index (κ3) is 7.70. The van der Waals surface area contributed by atoms with Crippen LogP contribution < -0.4 is 10.6 Å². The van der Waals surface area contributed by atoms with Crippen molar-refractivity contribution in [2.45, 2.75) is 48.8 Å². The van der Waals surface area contributed by atoms with Gasteiger partial charge >= 0.3 is 18.2 Å². The minimum absolute atomic E-state index is 0.0890. The maximum atomic E-state index is 14.0. The van der Waals surface area contributed by atoms with Crippen LogP contribution in [0.1, 0.15) is 16.7 Å². The third-order valence-electron chi connectivity index (χ3n) is 7.92. The lowest BCUT2D eigenvalue weighted by atomic mass is 10.0. The summed E-state index contributed by atoms with van der Waals surface area (Å²) in [6.45, 7) is 0.491. The summed E-state index contributed by atoms with van der Waals surface area (Å²) < 4.78 is 37.1. The topological polar surface area (TPSA) is 206 Å². The molecule has 49 heavy (non-hydrogen) atoms. The Morgan fingerprint density at radius 1 is 0.755 bits per heavy atom. The van der Waals surface area contributed by atoms with Crippen LogP contribution in [0.4, 0.5) is 9.59 Å². The number of amides is 5. The summed E-state index contributed by atoms with van der Waals surface area (Å²) in [5.74, 6) is -4.52. The summed E-state index contributed by atoms with van der Waals surface area (Å²) in [6.07, 6.45) is -2.82. The number of aliphatic carboxylic acids is 1. The van der Waals surface area contributed by atoms with Gasteiger partial charge in [0.15, 0.2) is 12.1 Å². The quantitative estimate of drug-likeness (QED) is 0.247. The number of carboxylic acid groups (broad SMARTS) is 1. The molecule has 0 radical (unpaired) electrons. The highest BCUT2D eigenvalue weighted by Crippen LogP contribution is 2.25. The molecule has 2 saturated heterocycles. The van der Waals surface area contributed by atoms with Gasteiger partial charge in [0.2, 0.25) is 11.8 Å². The number of nitrogens with zero attached hydrogens (tertiary/aromatic N) is 2. The molecule has 2 heterocycles. The van der Waals surface area contributed by atoms with Crippen LogP contribution in [0.25, 0.3) is 0 Å². The molecule has 0 bridgehead atoms. The first-order valence-electron chi connectivity index (χ1n) is 15.1. The molecule has 3 N–H and O–H groups in total. The van der Waals surface area contributed by atoms with Crippen molar-refractivity contribution in [2.24, 2.45) is 0 Å². The van der Waals surface area contributed by atoms with Gasteiger partial charge < -0.3 is 25.2 Å². The van der Waals surface area contributed by atoms with Crippen molar-refractivity contribution in [1.29, 1.82) is 0 Å². The van der Waals surface area contributed by atoms with E-state index in [1.807, 2.05) is 0 Å². The number of carbonyl (C=O) groups is 6. The Hall–Kier alpha value is -5.77. The maximum Gasteiger partial charge on any atom is 0.424 e. The third-order valence-corrected chi connectivity index (χ3v) is 9.71. The SMILES string of the molecule is Cc1ccc(S(=O)(=O)N2C(=O)OC[C@H]2C(=O)NC(Cc2ccccc2)C(=O)N2C(=O)OC[C@H]2C(=O)N[C@@H](Cc2ccccc2)C(=O)O)cc1. The Balaban J connectivity index is 1.39. The van der Waals surface area contributed by atoms with Gasteiger partial charge in [-0.1, -0.05) is 78.4 Å². The van der Waals surface area contributed by atoms with Crippen LogP contribution in [0.2, 0.25) is 0 Å². The fraction of sp³-hybridized carbons (Fsp3) is 0.273. The average Bonchev–Trinajstić information content (AvgIpc) is 3.67. The van der Waals surface area contributed by atoms with E-state index in [0.29, 0.717) is 16.0 Å². The normalized spacial score (nSPS) is 18.6. The lowest BCUT2D eigenvalue weighted by Gasteiger charge is -2.27. The zero-order chi connectivity index (χ0) is 35.3. The van der Waals surface area contributed by atoms with Crippen molar-refractivity contribution in [1.82, 2.24) is 19.8 Å². The molecule has 3 aromatic rings. The van der Waals surface area contributed by atoms with Crippen molar-refractivity contribution < 1.29 is 51.8 Å². The smallest absolute Gasteiger partial charge is 0.424 e. The van der Waals surface area contributed by atoms with Gasteiger partial charge in [-0.2, -0.15) is 4.31 Å². The number of imide groups is 1. The Morgan fingerprint density at radius 2 is 1.24 bits per heavy atom. The fourth-order valence-electron chi connectivity index (χ4n) is 5.34. The molecule has 5 rings (SSSR count). The first-order chi connectivity index (χ1) is 23.4. The number of carbonyl (C=O) groups excluding carboxylic acids is 5. The molecule has 5 amide bonds. The van der Waals surface area contributed by atoms with E-state index in [1.54, 1.807) is 67.6 Å². The highest BCUT2D eigenvalue weighted by molar-refractivity contribution is 7.89. The van der Waals surface area contributed by atoms with Crippen molar-refractivity contribution in [3.63, 3.8) is 0 Å². The fourth-order valence-corrected chi connectivity index (χ4v) is 6.79. The van der Waals surface area contributed by atoms with Gasteiger partial charge in [-0.3, -0.25) is 14.4 Å². The standard InChI is InChI=1S/C33H32N4O11S/c1-20-12-14-23(15-13-20)49(45,46)37-27(19-48-33(37)44)29(39)34-24(16-21-8-4-2-5-9-21)30(40)36-26(18-47-32(36)43)28(38)35-25(31(41)42)17-22-10-6-3-7-11-22/h2-15,24-27H,16-19H2,1H3,(H,34,39)(H,35,38)(H,41,42)/t24?,25-,26-,27-/m0/s1. The highest BCUT2D eigenvalue weighted by Gasteiger charge is 2.49. The molecule has 0 aromatic heterocycles. The monoisotopic (exact) mass is 692 g/mol. The van der Waals surface area contributed by atoms with Crippen LogP contribution >= 0.6 is 0 Å². The van der Waals surface area contributed by atoms with Gasteiger partial charge in [0.1, 0.15) is 25.3 Å². The summed E-state index contributed by atoms with van der Waals surface area (Å²) in [5, 5.41) is 14.6. The Morgan fingerprint density at radius 3 is 1.82 bits per heavy atom. The predicted octanol–water partition coefficient (Wildman–Crippen LogP) is 1.39. The highest BCUT2D eigenvalue weighted by atomic mass is 32.2. The van der Waals surface area contributed by atoms with Gasteiger partial charge in [-0.15, -0.1) is 0 Å². The molecule has 3 aromatic carbocycles. The van der Waals surface area contributed by atoms with Gasteiger partial charge in [-0.05, 0) is 30.2 Å². The number of carboxylic acids is 1. The summed E-state index contributed by atoms with van der Waals surface area (Å²) in [5.41, 5.74) is 1.88. The molecule has 2 fully saturated rings. The predicted molar refractivity (Wildman–Crippen MR) is 169 cm³/mol. The van der Waals surface area contributed by atoms with Crippen LogP contribution in [-0.2, 0) is 51.5 Å². The maximum absolute atomic E-state index is 14.0. The van der Waals surface area contributed by atoms with Crippen molar-refractivity contribution in [2.75, 3.05) is 13.2 Å². The number of aryl methyl sites for hydroxylation is 1. The van der Waals surface area contributed by atoms with Gasteiger partial charge in [-0.25, -0.2) is 27.7 Å². The van der Waals surface area contributed by atoms with Crippen LogP contribution in [0, 0.1) is 6.92 Å². The van der Waals surface area contributed by atoms with Crippen molar-refractivity contribution in [3.05, 3.63) is 102 Å². The van der Waals surface area contributed by atoms with Crippen molar-refractivity contribution in [3.8, 4) is 0 Å². The first kappa shape index (κ1) is 34.6. The molecule has 1 unspecified atom stereocenters. The number of benzene rings is 3. The number of cyclic esters (lactones) is 2. The number of hydrogen-bond donors (Lipinski definition) is 3. The minimum Gasteiger partial charge on any atom is -0.480 e. The second kappa shape index (κ2) is 14.6. The molecule has 16 heteroatoms. The molecule has 15 nitrogen and oxygen atoms in total. The molecule has 256 valence electrons. The van der Waals surface area contributed by atoms with E-state index in [1.165, 1.54) is 24.3 Å². The van der Waals surface area contributed by atoms with E-state index in [-0.39, 0.29) is 22.0 Å². The van der Waals surface area contributed by atoms with Crippen LogP contribution in [0.5, 0.6) is 0 Å². The lowest BCUT2D eigenvalue weighted by molar-refractivity contribution is -0.143. The van der Waals surface area contributed by atoms with E-state index in [0.717, 1.165) is 5.56 Å². The van der Waals surface area contributed by atoms with Gasteiger partial charge in [0, 0.05) is 12.8 Å². The van der Waals surface area contributed by atoms with Crippen molar-refractivity contribution >= 4 is 45.9 Å². The molecule has 0 aliphatic carbocycles. The summed E-state index contributed by atoms with van der Waals surface area (Å²) in [6, 6.07) is 16.1. The number of ether oxygens (including phenoxy) is 2. The number of sulfonamides is 1. The first-order valence-corrected chi connectivity index (χ1v) is 16.5. The van der Waals surface area contributed by atoms with E-state index in [2.05, 4.69) is 10.6 Å². The van der Waals surface area contributed by atoms with E-state index >= 15 is 0 Å². The molecule has 2 aliphatic rings. The van der Waals surface area contributed by atoms with Gasteiger partial charge in [0.25, 0.3) is 15.9 Å². The molecule has 0 saturated carbocycles. The molecule has 0 spiro atoms. The molecule has 2 aliphatic heterocycles. The Kier molecular flexibility index (Phi) is 10.3. The summed E-state index contributed by atoms with van der Waals surface area (Å²) in [7, 11) is -4.57. The van der Waals surface area contributed by atoms with Crippen LogP contribution in [0.15, 0.2) is 89.8 Å². The zero-order valence-electron chi connectivity index (χ0n) is 26.1. The second-order valence-electron chi connectivity index (χ2n) is 11.3. The largest absolute Gasteiger partial charge is 0.480 e. The van der Waals surface area contributed by atoms with E-state index < -0.39 is 83.3 Å². The minimum atomic E-state index is -4.57. The second-order valence-corrected chi connectivity index (χ2v) is 13.2. The number of rotatable bonds is 12. The van der Waals surface area contributed by atoms with Crippen LogP contribution in [-0.4, -0.2) is 96.0 Å². The summed E-state index contributed by atoms with van der Waals surface area (Å²) >= 11 is 0. The zero-order valence-corrected chi connectivity index (χ0v) is 26.9. The Labute approximate surface area is 280 Å². The number of nitrogens with one attached hydrogen (secondary N) is 2. The van der Waals surface area contributed by atoms with Crippen LogP contribution in [0.3, 0.4) is 0 Å². The molecular weight excluding hydrogens is 660 g/mol. The average molecular weight is 693 g/mol. The summed E-state index contributed by atoms with van der Waals surface area (Å²) in [4.78, 5) is 78.7. The van der Waals surface area contributed by atoms with Gasteiger partial charge in [0.05, 0.1) is 4.90 Å². The lowest BCUT2D eigenvalue weighted by Crippen LogP contribution is -2.59. The number of hydrogen-bond acceptors (Lipinski definition) is 10.